The number of anilines is 2. The number of ether oxygens (including phenoxy) is 1. The van der Waals surface area contributed by atoms with Crippen molar-refractivity contribution in [3.05, 3.63) is 34.1 Å². The van der Waals surface area contributed by atoms with Gasteiger partial charge in [0.05, 0.1) is 29.8 Å². The van der Waals surface area contributed by atoms with Gasteiger partial charge in [0.1, 0.15) is 29.4 Å². The molecule has 4 rings (SSSR count). The summed E-state index contributed by atoms with van der Waals surface area (Å²) in [6, 6.07) is 0.704. The molecule has 3 amide bonds. The highest BCUT2D eigenvalue weighted by Gasteiger charge is 2.56. The lowest BCUT2D eigenvalue weighted by molar-refractivity contribution is -0.136. The number of nitrogens with one attached hydrogen (secondary N) is 1. The summed E-state index contributed by atoms with van der Waals surface area (Å²) in [5, 5.41) is 36.8. The zero-order chi connectivity index (χ0) is 36.2. The van der Waals surface area contributed by atoms with Crippen molar-refractivity contribution in [1.29, 1.82) is 0 Å². The van der Waals surface area contributed by atoms with E-state index >= 15 is 0 Å². The number of aromatic hydroxyl groups is 1. The molecular weight excluding hydrogens is 622 g/mol. The van der Waals surface area contributed by atoms with Crippen LogP contribution in [0.3, 0.4) is 0 Å². The number of phenolic OH excluding ortho intramolecular Hbond substituents is 1. The van der Waals surface area contributed by atoms with Gasteiger partial charge in [-0.1, -0.05) is 13.8 Å². The number of allylic oxidation sites excluding steroid dienone is 1. The first kappa shape index (κ1) is 36.2. The Balaban J connectivity index is 1.76. The summed E-state index contributed by atoms with van der Waals surface area (Å²) in [5.74, 6) is -7.53. The second-order valence-electron chi connectivity index (χ2n) is 14.6. The lowest BCUT2D eigenvalue weighted by atomic mass is 9.59. The highest BCUT2D eigenvalue weighted by atomic mass is 16.6. The molecule has 4 atom stereocenters. The summed E-state index contributed by atoms with van der Waals surface area (Å²) >= 11 is 0. The molecule has 0 radical (unpaired) electrons. The molecule has 1 aromatic carbocycles. The van der Waals surface area contributed by atoms with E-state index in [1.807, 2.05) is 13.8 Å². The van der Waals surface area contributed by atoms with Gasteiger partial charge in [0.15, 0.2) is 11.6 Å². The summed E-state index contributed by atoms with van der Waals surface area (Å²) < 4.78 is 5.37. The number of rotatable bonds is 8. The van der Waals surface area contributed by atoms with Crippen LogP contribution in [-0.4, -0.2) is 108 Å². The number of aliphatic hydroxyl groups excluding tert-OH is 2. The summed E-state index contributed by atoms with van der Waals surface area (Å²) in [4.78, 5) is 70.7. The molecule has 0 aliphatic heterocycles. The van der Waals surface area contributed by atoms with E-state index in [0.717, 1.165) is 0 Å². The molecule has 14 heteroatoms. The van der Waals surface area contributed by atoms with Crippen molar-refractivity contribution in [3.63, 3.8) is 0 Å². The molecule has 3 aliphatic rings. The summed E-state index contributed by atoms with van der Waals surface area (Å²) in [6.07, 6.45) is -0.268. The monoisotopic (exact) mass is 669 g/mol. The fraction of sp³-hybridized carbons (Fsp3) is 0.559. The quantitative estimate of drug-likeness (QED) is 0.155. The topological polar surface area (TPSA) is 203 Å². The molecule has 1 saturated carbocycles. The van der Waals surface area contributed by atoms with Crippen LogP contribution >= 0.6 is 0 Å². The van der Waals surface area contributed by atoms with Crippen molar-refractivity contribution in [2.45, 2.75) is 59.0 Å². The average Bonchev–Trinajstić information content (AvgIpc) is 2.94. The van der Waals surface area contributed by atoms with E-state index in [4.69, 9.17) is 10.5 Å². The first-order chi connectivity index (χ1) is 22.2. The normalized spacial score (nSPS) is 22.3. The number of Topliss-reactive ketones (excluding diaryl/α,β-unsaturated/α-hetero) is 2. The molecule has 48 heavy (non-hydrogen) atoms. The number of hydrogen-bond acceptors (Lipinski definition) is 11. The number of carbonyl (C=O) groups is 5. The van der Waals surface area contributed by atoms with Crippen LogP contribution in [0.5, 0.6) is 5.75 Å². The largest absolute Gasteiger partial charge is 0.510 e. The Labute approximate surface area is 280 Å². The molecule has 0 aromatic heterocycles. The molecule has 0 heterocycles. The third kappa shape index (κ3) is 6.45. The van der Waals surface area contributed by atoms with Crippen LogP contribution in [0.15, 0.2) is 23.0 Å². The van der Waals surface area contributed by atoms with Gasteiger partial charge in [0.2, 0.25) is 5.91 Å². The molecule has 1 aromatic rings. The standard InChI is InChI=1S/C34H47N5O9/c1-15(2)14-48-33(47)39(34(3,4)5)13-21(40)36-19-12-20(37(6)7)17-10-16-11-18-24(29(43)22(16)28(42)23(17)27(19)41)30(44)25(32(35)46)31(45)26(18)38(8)9/h12,15-16,18,24,26,41-42,45H,10-11,13-14H2,1-9H3,(H2,35,46)(H,36,40). The lowest BCUT2D eigenvalue weighted by Gasteiger charge is -2.46. The van der Waals surface area contributed by atoms with Gasteiger partial charge >= 0.3 is 6.09 Å². The van der Waals surface area contributed by atoms with Gasteiger partial charge in [-0.15, -0.1) is 0 Å². The van der Waals surface area contributed by atoms with Crippen molar-refractivity contribution in [3.8, 4) is 5.75 Å². The summed E-state index contributed by atoms with van der Waals surface area (Å²) in [6.45, 7) is 8.82. The fourth-order valence-corrected chi connectivity index (χ4v) is 7.03. The molecule has 14 nitrogen and oxygen atoms in total. The third-order valence-electron chi connectivity index (χ3n) is 9.17. The number of ketones is 2. The van der Waals surface area contributed by atoms with E-state index in [1.165, 1.54) is 4.90 Å². The number of hydrogen-bond donors (Lipinski definition) is 5. The Hall–Kier alpha value is -4.59. The second kappa shape index (κ2) is 13.1. The predicted molar refractivity (Wildman–Crippen MR) is 178 cm³/mol. The van der Waals surface area contributed by atoms with Crippen LogP contribution in [0.1, 0.15) is 52.2 Å². The van der Waals surface area contributed by atoms with Gasteiger partial charge in [-0.05, 0) is 77.1 Å². The molecule has 0 spiro atoms. The maximum absolute atomic E-state index is 14.1. The summed E-state index contributed by atoms with van der Waals surface area (Å²) in [7, 11) is 6.81. The van der Waals surface area contributed by atoms with Gasteiger partial charge in [-0.25, -0.2) is 4.79 Å². The molecule has 1 fully saturated rings. The van der Waals surface area contributed by atoms with E-state index in [9.17, 15) is 39.3 Å². The van der Waals surface area contributed by atoms with Gasteiger partial charge < -0.3 is 36.0 Å². The van der Waals surface area contributed by atoms with E-state index < -0.39 is 88.2 Å². The van der Waals surface area contributed by atoms with Crippen LogP contribution in [0.2, 0.25) is 0 Å². The predicted octanol–water partition coefficient (Wildman–Crippen LogP) is 2.75. The smallest absolute Gasteiger partial charge is 0.410 e. The van der Waals surface area contributed by atoms with Gasteiger partial charge in [0.25, 0.3) is 5.91 Å². The van der Waals surface area contributed by atoms with Gasteiger partial charge in [-0.2, -0.15) is 0 Å². The van der Waals surface area contributed by atoms with Crippen molar-refractivity contribution < 1.29 is 44.0 Å². The third-order valence-corrected chi connectivity index (χ3v) is 9.17. The number of primary amides is 1. The molecular formula is C34H47N5O9. The maximum Gasteiger partial charge on any atom is 0.410 e. The van der Waals surface area contributed by atoms with E-state index in [1.54, 1.807) is 64.8 Å². The van der Waals surface area contributed by atoms with Crippen molar-refractivity contribution in [2.75, 3.05) is 51.6 Å². The van der Waals surface area contributed by atoms with Crippen LogP contribution in [0, 0.1) is 23.7 Å². The Morgan fingerprint density at radius 1 is 1.06 bits per heavy atom. The van der Waals surface area contributed by atoms with Crippen molar-refractivity contribution in [2.24, 2.45) is 29.4 Å². The molecule has 0 bridgehead atoms. The number of nitrogens with zero attached hydrogens (tertiary/aromatic N) is 3. The Bertz CT molecular complexity index is 1620. The number of amides is 3. The number of aliphatic hydroxyl groups is 2. The first-order valence-corrected chi connectivity index (χ1v) is 15.9. The number of benzene rings is 1. The number of likely N-dealkylation sites (N-methyl/N-ethyl adjacent to an activating group) is 1. The number of carbonyl (C=O) groups excluding carboxylic acids is 5. The van der Waals surface area contributed by atoms with Crippen molar-refractivity contribution >= 4 is 46.6 Å². The van der Waals surface area contributed by atoms with E-state index in [2.05, 4.69) is 5.32 Å². The second-order valence-corrected chi connectivity index (χ2v) is 14.6. The maximum atomic E-state index is 14.1. The Morgan fingerprint density at radius 2 is 1.69 bits per heavy atom. The SMILES string of the molecule is CC(C)COC(=O)N(CC(=O)Nc1cc(N(C)C)c2c(c1O)C(O)=C1C(=O)C3C(=O)C(C(N)=O)=C(O)C(N(C)C)C3CC1C2)C(C)(C)C. The average molecular weight is 670 g/mol. The van der Waals surface area contributed by atoms with E-state index in [-0.39, 0.29) is 42.2 Å². The highest BCUT2D eigenvalue weighted by Crippen LogP contribution is 2.53. The molecule has 3 aliphatic carbocycles. The van der Waals surface area contributed by atoms with Crippen LogP contribution in [0.4, 0.5) is 16.2 Å². The minimum Gasteiger partial charge on any atom is -0.510 e. The minimum absolute atomic E-state index is 0.0659. The van der Waals surface area contributed by atoms with Crippen LogP contribution in [-0.2, 0) is 30.3 Å². The zero-order valence-corrected chi connectivity index (χ0v) is 29.0. The van der Waals surface area contributed by atoms with Gasteiger partial charge in [0, 0.05) is 30.9 Å². The Kier molecular flexibility index (Phi) is 9.92. The molecule has 4 unspecified atom stereocenters. The number of fused-ring (bicyclic) bond motifs is 3. The molecule has 0 saturated heterocycles. The lowest BCUT2D eigenvalue weighted by Crippen LogP contribution is -2.55. The van der Waals surface area contributed by atoms with Crippen LogP contribution < -0.4 is 16.0 Å². The van der Waals surface area contributed by atoms with E-state index in [0.29, 0.717) is 11.3 Å². The number of nitrogens with two attached hydrogens (primary N) is 1. The first-order valence-electron chi connectivity index (χ1n) is 15.9. The fourth-order valence-electron chi connectivity index (χ4n) is 7.03. The minimum atomic E-state index is -1.39. The Morgan fingerprint density at radius 3 is 2.21 bits per heavy atom. The molecule has 262 valence electrons. The highest BCUT2D eigenvalue weighted by molar-refractivity contribution is 6.28. The molecule has 6 N–H and O–H groups in total. The zero-order valence-electron chi connectivity index (χ0n) is 29.0. The van der Waals surface area contributed by atoms with Crippen LogP contribution in [0.25, 0.3) is 5.76 Å². The van der Waals surface area contributed by atoms with Crippen molar-refractivity contribution in [1.82, 2.24) is 9.80 Å². The van der Waals surface area contributed by atoms with Gasteiger partial charge in [-0.3, -0.25) is 29.0 Å². The summed E-state index contributed by atoms with van der Waals surface area (Å²) in [5.41, 5.74) is 4.88. The number of phenols is 1.